The quantitative estimate of drug-likeness (QED) is 0.675. The van der Waals surface area contributed by atoms with Gasteiger partial charge in [0.05, 0.1) is 24.6 Å². The molecule has 1 aliphatic rings. The van der Waals surface area contributed by atoms with E-state index in [1.807, 2.05) is 0 Å². The van der Waals surface area contributed by atoms with Gasteiger partial charge in [0, 0.05) is 24.6 Å². The molecule has 1 fully saturated rings. The number of hydrogen-bond acceptors (Lipinski definition) is 4. The van der Waals surface area contributed by atoms with E-state index < -0.39 is 5.82 Å². The van der Waals surface area contributed by atoms with E-state index in [4.69, 9.17) is 4.74 Å². The summed E-state index contributed by atoms with van der Waals surface area (Å²) >= 11 is 3.16. The first-order chi connectivity index (χ1) is 12.3. The molecule has 0 radical (unpaired) electrons. The average Bonchev–Trinajstić information content (AvgIpc) is 2.61. The number of carbonyl (C=O) groups excluding carboxylic acids is 3. The van der Waals surface area contributed by atoms with Crippen LogP contribution in [0.5, 0.6) is 0 Å². The first-order valence-electron chi connectivity index (χ1n) is 8.48. The Morgan fingerprint density at radius 2 is 2.12 bits per heavy atom. The molecule has 1 heterocycles. The van der Waals surface area contributed by atoms with Crippen molar-refractivity contribution >= 4 is 33.7 Å². The van der Waals surface area contributed by atoms with Crippen LogP contribution in [0.3, 0.4) is 0 Å². The van der Waals surface area contributed by atoms with E-state index in [-0.39, 0.29) is 35.8 Å². The highest BCUT2D eigenvalue weighted by molar-refractivity contribution is 9.10. The number of likely N-dealkylation sites (tertiary alicyclic amines) is 1. The summed E-state index contributed by atoms with van der Waals surface area (Å²) in [4.78, 5) is 39.8. The molecule has 1 saturated heterocycles. The van der Waals surface area contributed by atoms with Crippen molar-refractivity contribution < 1.29 is 23.5 Å². The van der Waals surface area contributed by atoms with Gasteiger partial charge in [0.1, 0.15) is 5.82 Å². The molecular weight excluding hydrogens is 407 g/mol. The Hall–Kier alpha value is -1.96. The third kappa shape index (κ3) is 5.03. The minimum Gasteiger partial charge on any atom is -0.466 e. The SMILES string of the molecule is CCOC(=O)C1CCCN(C(=O)CN(C)C(=O)c2ccc(F)cc2Br)C1. The number of halogens is 2. The van der Waals surface area contributed by atoms with Gasteiger partial charge in [0.25, 0.3) is 5.91 Å². The molecule has 1 atom stereocenters. The van der Waals surface area contributed by atoms with Gasteiger partial charge < -0.3 is 14.5 Å². The molecule has 2 amide bonds. The Bertz CT molecular complexity index is 698. The number of hydrogen-bond donors (Lipinski definition) is 0. The Kier molecular flexibility index (Phi) is 7.14. The second-order valence-corrected chi connectivity index (χ2v) is 7.07. The largest absolute Gasteiger partial charge is 0.466 e. The molecule has 1 unspecified atom stereocenters. The molecule has 0 N–H and O–H groups in total. The zero-order valence-corrected chi connectivity index (χ0v) is 16.4. The van der Waals surface area contributed by atoms with Crippen LogP contribution in [0, 0.1) is 11.7 Å². The van der Waals surface area contributed by atoms with Crippen molar-refractivity contribution in [2.45, 2.75) is 19.8 Å². The van der Waals surface area contributed by atoms with Gasteiger partial charge in [-0.25, -0.2) is 4.39 Å². The van der Waals surface area contributed by atoms with Crippen LogP contribution in [0.25, 0.3) is 0 Å². The van der Waals surface area contributed by atoms with Crippen LogP contribution in [0.1, 0.15) is 30.1 Å². The third-order valence-corrected chi connectivity index (χ3v) is 4.93. The maximum absolute atomic E-state index is 13.2. The standard InChI is InChI=1S/C18H22BrFN2O4/c1-3-26-18(25)12-5-4-8-22(10-12)16(23)11-21(2)17(24)14-7-6-13(20)9-15(14)19/h6-7,9,12H,3-5,8,10-11H2,1-2H3. The van der Waals surface area contributed by atoms with Crippen molar-refractivity contribution in [1.82, 2.24) is 9.80 Å². The van der Waals surface area contributed by atoms with Gasteiger partial charge in [-0.2, -0.15) is 0 Å². The van der Waals surface area contributed by atoms with E-state index in [0.717, 1.165) is 6.42 Å². The third-order valence-electron chi connectivity index (χ3n) is 4.27. The summed E-state index contributed by atoms with van der Waals surface area (Å²) in [6.45, 7) is 2.81. The summed E-state index contributed by atoms with van der Waals surface area (Å²) in [5, 5.41) is 0. The second-order valence-electron chi connectivity index (χ2n) is 6.22. The maximum Gasteiger partial charge on any atom is 0.310 e. The van der Waals surface area contributed by atoms with Crippen LogP contribution in [-0.2, 0) is 14.3 Å². The first kappa shape index (κ1) is 20.4. The molecule has 1 aromatic carbocycles. The summed E-state index contributed by atoms with van der Waals surface area (Å²) < 4.78 is 18.5. The van der Waals surface area contributed by atoms with Crippen molar-refractivity contribution in [3.05, 3.63) is 34.1 Å². The van der Waals surface area contributed by atoms with E-state index in [9.17, 15) is 18.8 Å². The van der Waals surface area contributed by atoms with E-state index >= 15 is 0 Å². The van der Waals surface area contributed by atoms with Gasteiger partial charge in [-0.3, -0.25) is 14.4 Å². The maximum atomic E-state index is 13.2. The molecule has 1 aliphatic heterocycles. The molecule has 8 heteroatoms. The van der Waals surface area contributed by atoms with Gasteiger partial charge in [0.2, 0.25) is 5.91 Å². The highest BCUT2D eigenvalue weighted by Crippen LogP contribution is 2.21. The number of benzene rings is 1. The van der Waals surface area contributed by atoms with Crippen molar-refractivity contribution in [3.63, 3.8) is 0 Å². The predicted octanol–water partition coefficient (Wildman–Crippen LogP) is 2.46. The number of nitrogens with zero attached hydrogens (tertiary/aromatic N) is 2. The zero-order chi connectivity index (χ0) is 19.3. The summed E-state index contributed by atoms with van der Waals surface area (Å²) in [5.41, 5.74) is 0.282. The van der Waals surface area contributed by atoms with Crippen LogP contribution in [0.15, 0.2) is 22.7 Å². The summed E-state index contributed by atoms with van der Waals surface area (Å²) in [5.74, 6) is -1.67. The predicted molar refractivity (Wildman–Crippen MR) is 97.0 cm³/mol. The minimum absolute atomic E-state index is 0.113. The molecular formula is C18H22BrFN2O4. The Labute approximate surface area is 160 Å². The molecule has 0 bridgehead atoms. The van der Waals surface area contributed by atoms with Crippen molar-refractivity contribution in [2.75, 3.05) is 33.3 Å². The average molecular weight is 429 g/mol. The molecule has 2 rings (SSSR count). The number of rotatable bonds is 5. The Morgan fingerprint density at radius 3 is 2.77 bits per heavy atom. The highest BCUT2D eigenvalue weighted by atomic mass is 79.9. The number of likely N-dealkylation sites (N-methyl/N-ethyl adjacent to an activating group) is 1. The summed E-state index contributed by atoms with van der Waals surface area (Å²) in [6.07, 6.45) is 1.41. The number of ether oxygens (including phenoxy) is 1. The lowest BCUT2D eigenvalue weighted by molar-refractivity contribution is -0.151. The normalized spacial score (nSPS) is 16.9. The van der Waals surface area contributed by atoms with Gasteiger partial charge in [-0.15, -0.1) is 0 Å². The van der Waals surface area contributed by atoms with Crippen LogP contribution in [0.4, 0.5) is 4.39 Å². The van der Waals surface area contributed by atoms with Gasteiger partial charge >= 0.3 is 5.97 Å². The summed E-state index contributed by atoms with van der Waals surface area (Å²) in [6, 6.07) is 3.78. The van der Waals surface area contributed by atoms with Gasteiger partial charge in [-0.05, 0) is 53.9 Å². The number of esters is 1. The number of piperidine rings is 1. The molecule has 0 aromatic heterocycles. The summed E-state index contributed by atoms with van der Waals surface area (Å²) in [7, 11) is 1.52. The molecule has 26 heavy (non-hydrogen) atoms. The van der Waals surface area contributed by atoms with Crippen LogP contribution in [0.2, 0.25) is 0 Å². The van der Waals surface area contributed by atoms with Gasteiger partial charge in [-0.1, -0.05) is 0 Å². The smallest absolute Gasteiger partial charge is 0.310 e. The molecule has 0 aliphatic carbocycles. The van der Waals surface area contributed by atoms with Crippen molar-refractivity contribution in [2.24, 2.45) is 5.92 Å². The fourth-order valence-corrected chi connectivity index (χ4v) is 3.42. The highest BCUT2D eigenvalue weighted by Gasteiger charge is 2.30. The van der Waals surface area contributed by atoms with Gasteiger partial charge in [0.15, 0.2) is 0 Å². The Balaban J connectivity index is 1.97. The zero-order valence-electron chi connectivity index (χ0n) is 14.8. The Morgan fingerprint density at radius 1 is 1.38 bits per heavy atom. The fourth-order valence-electron chi connectivity index (χ4n) is 2.90. The number of carbonyl (C=O) groups is 3. The fraction of sp³-hybridized carbons (Fsp3) is 0.500. The lowest BCUT2D eigenvalue weighted by Gasteiger charge is -2.32. The number of amides is 2. The van der Waals surface area contributed by atoms with Crippen molar-refractivity contribution in [1.29, 1.82) is 0 Å². The van der Waals surface area contributed by atoms with Crippen LogP contribution >= 0.6 is 15.9 Å². The molecule has 0 spiro atoms. The van der Waals surface area contributed by atoms with E-state index in [1.54, 1.807) is 11.8 Å². The van der Waals surface area contributed by atoms with E-state index in [1.165, 1.54) is 30.1 Å². The first-order valence-corrected chi connectivity index (χ1v) is 9.27. The van der Waals surface area contributed by atoms with Crippen LogP contribution in [-0.4, -0.2) is 60.9 Å². The minimum atomic E-state index is -0.453. The van der Waals surface area contributed by atoms with E-state index in [2.05, 4.69) is 15.9 Å². The molecule has 0 saturated carbocycles. The molecule has 1 aromatic rings. The van der Waals surface area contributed by atoms with E-state index in [0.29, 0.717) is 30.6 Å². The monoisotopic (exact) mass is 428 g/mol. The lowest BCUT2D eigenvalue weighted by atomic mass is 9.98. The molecule has 142 valence electrons. The lowest BCUT2D eigenvalue weighted by Crippen LogP contribution is -2.47. The second kappa shape index (κ2) is 9.12. The van der Waals surface area contributed by atoms with Crippen molar-refractivity contribution in [3.8, 4) is 0 Å². The topological polar surface area (TPSA) is 66.9 Å². The van der Waals surface area contributed by atoms with Crippen LogP contribution < -0.4 is 0 Å². The molecule has 6 nitrogen and oxygen atoms in total.